The SMILES string of the molecule is O=C1NN=C(CSc2nc(-c3ccccc3)c(-c3ccccc3)[nH]2)Oc2ccccc21. The van der Waals surface area contributed by atoms with Gasteiger partial charge in [0.05, 0.1) is 22.7 Å². The van der Waals surface area contributed by atoms with E-state index in [0.717, 1.165) is 27.7 Å². The summed E-state index contributed by atoms with van der Waals surface area (Å²) in [6.07, 6.45) is 0. The number of benzene rings is 3. The fraction of sp³-hybridized carbons (Fsp3) is 0.0417. The smallest absolute Gasteiger partial charge is 0.275 e. The number of aromatic amines is 1. The summed E-state index contributed by atoms with van der Waals surface area (Å²) in [5.41, 5.74) is 6.93. The number of amides is 1. The van der Waals surface area contributed by atoms with Crippen molar-refractivity contribution in [3.8, 4) is 28.3 Å². The fourth-order valence-corrected chi connectivity index (χ4v) is 4.01. The highest BCUT2D eigenvalue weighted by molar-refractivity contribution is 7.99. The summed E-state index contributed by atoms with van der Waals surface area (Å²) in [7, 11) is 0. The maximum atomic E-state index is 12.2. The highest BCUT2D eigenvalue weighted by Gasteiger charge is 2.20. The Morgan fingerprint density at radius 2 is 1.52 bits per heavy atom. The Hall–Kier alpha value is -3.84. The molecule has 1 aromatic heterocycles. The predicted octanol–water partition coefficient (Wildman–Crippen LogP) is 4.97. The molecule has 2 heterocycles. The molecule has 0 atom stereocenters. The molecular formula is C24H18N4O2S. The van der Waals surface area contributed by atoms with Crippen molar-refractivity contribution in [1.29, 1.82) is 0 Å². The number of nitrogens with one attached hydrogen (secondary N) is 2. The molecule has 152 valence electrons. The molecule has 6 nitrogen and oxygen atoms in total. The van der Waals surface area contributed by atoms with E-state index in [0.29, 0.717) is 23.0 Å². The minimum absolute atomic E-state index is 0.286. The van der Waals surface area contributed by atoms with Crippen LogP contribution in [0.1, 0.15) is 10.4 Å². The normalized spacial score (nSPS) is 12.9. The molecule has 7 heteroatoms. The van der Waals surface area contributed by atoms with Gasteiger partial charge in [0.25, 0.3) is 5.91 Å². The molecule has 0 saturated carbocycles. The van der Waals surface area contributed by atoms with Crippen LogP contribution in [0.15, 0.2) is 95.2 Å². The summed E-state index contributed by atoms with van der Waals surface area (Å²) in [6, 6.07) is 27.3. The first-order chi connectivity index (χ1) is 15.3. The number of nitrogens with zero attached hydrogens (tertiary/aromatic N) is 2. The highest BCUT2D eigenvalue weighted by atomic mass is 32.2. The zero-order valence-electron chi connectivity index (χ0n) is 16.4. The van der Waals surface area contributed by atoms with E-state index < -0.39 is 0 Å². The van der Waals surface area contributed by atoms with E-state index in [1.165, 1.54) is 11.8 Å². The second-order valence-corrected chi connectivity index (χ2v) is 7.80. The van der Waals surface area contributed by atoms with Crippen LogP contribution >= 0.6 is 11.8 Å². The van der Waals surface area contributed by atoms with Gasteiger partial charge in [0.2, 0.25) is 5.90 Å². The van der Waals surface area contributed by atoms with Crippen LogP contribution in [0, 0.1) is 0 Å². The Kier molecular flexibility index (Phi) is 5.24. The van der Waals surface area contributed by atoms with E-state index in [1.807, 2.05) is 54.6 Å². The van der Waals surface area contributed by atoms with Crippen LogP contribution in [-0.4, -0.2) is 27.5 Å². The first-order valence-corrected chi connectivity index (χ1v) is 10.7. The van der Waals surface area contributed by atoms with Gasteiger partial charge < -0.3 is 9.72 Å². The number of hydrazone groups is 1. The van der Waals surface area contributed by atoms with Gasteiger partial charge >= 0.3 is 0 Å². The first kappa shape index (κ1) is 19.1. The van der Waals surface area contributed by atoms with Gasteiger partial charge in [-0.25, -0.2) is 10.4 Å². The molecule has 4 aromatic rings. The van der Waals surface area contributed by atoms with Crippen molar-refractivity contribution in [2.45, 2.75) is 5.16 Å². The molecule has 1 aliphatic rings. The second-order valence-electron chi connectivity index (χ2n) is 6.83. The van der Waals surface area contributed by atoms with Crippen molar-refractivity contribution in [1.82, 2.24) is 15.4 Å². The third-order valence-corrected chi connectivity index (χ3v) is 5.62. The summed E-state index contributed by atoms with van der Waals surface area (Å²) in [5, 5.41) is 4.86. The van der Waals surface area contributed by atoms with E-state index in [1.54, 1.807) is 18.2 Å². The Balaban J connectivity index is 1.41. The van der Waals surface area contributed by atoms with E-state index in [-0.39, 0.29) is 5.91 Å². The summed E-state index contributed by atoms with van der Waals surface area (Å²) in [5.74, 6) is 1.02. The molecule has 2 N–H and O–H groups in total. The predicted molar refractivity (Wildman–Crippen MR) is 122 cm³/mol. The number of thioether (sulfide) groups is 1. The number of hydrogen-bond acceptors (Lipinski definition) is 5. The summed E-state index contributed by atoms with van der Waals surface area (Å²) < 4.78 is 5.86. The Morgan fingerprint density at radius 3 is 2.29 bits per heavy atom. The summed E-state index contributed by atoms with van der Waals surface area (Å²) in [6.45, 7) is 0. The Bertz CT molecular complexity index is 1200. The van der Waals surface area contributed by atoms with Crippen molar-refractivity contribution in [3.05, 3.63) is 90.5 Å². The minimum Gasteiger partial charge on any atom is -0.440 e. The number of carbonyl (C=O) groups is 1. The monoisotopic (exact) mass is 426 g/mol. The topological polar surface area (TPSA) is 79.4 Å². The molecule has 0 radical (unpaired) electrons. The van der Waals surface area contributed by atoms with Gasteiger partial charge in [-0.1, -0.05) is 84.6 Å². The number of ether oxygens (including phenoxy) is 1. The van der Waals surface area contributed by atoms with Gasteiger partial charge in [0.1, 0.15) is 5.75 Å². The van der Waals surface area contributed by atoms with Gasteiger partial charge in [-0.05, 0) is 12.1 Å². The number of rotatable bonds is 5. The van der Waals surface area contributed by atoms with Gasteiger partial charge in [0, 0.05) is 11.1 Å². The summed E-state index contributed by atoms with van der Waals surface area (Å²) in [4.78, 5) is 20.4. The van der Waals surface area contributed by atoms with Crippen molar-refractivity contribution < 1.29 is 9.53 Å². The largest absolute Gasteiger partial charge is 0.440 e. The van der Waals surface area contributed by atoms with Crippen LogP contribution in [0.2, 0.25) is 0 Å². The lowest BCUT2D eigenvalue weighted by Crippen LogP contribution is -2.18. The third-order valence-electron chi connectivity index (χ3n) is 4.77. The number of H-pyrrole nitrogens is 1. The van der Waals surface area contributed by atoms with E-state index in [2.05, 4.69) is 27.6 Å². The molecule has 0 aliphatic carbocycles. The zero-order valence-corrected chi connectivity index (χ0v) is 17.2. The van der Waals surface area contributed by atoms with Crippen molar-refractivity contribution in [3.63, 3.8) is 0 Å². The van der Waals surface area contributed by atoms with Crippen molar-refractivity contribution >= 4 is 23.6 Å². The molecular weight excluding hydrogens is 408 g/mol. The number of hydrogen-bond donors (Lipinski definition) is 2. The number of imidazole rings is 1. The van der Waals surface area contributed by atoms with E-state index in [4.69, 9.17) is 9.72 Å². The first-order valence-electron chi connectivity index (χ1n) is 9.75. The van der Waals surface area contributed by atoms with Gasteiger partial charge in [0.15, 0.2) is 5.16 Å². The Morgan fingerprint density at radius 1 is 0.839 bits per heavy atom. The lowest BCUT2D eigenvalue weighted by Gasteiger charge is -2.06. The molecule has 0 unspecified atom stereocenters. The Labute approximate surface area is 183 Å². The van der Waals surface area contributed by atoms with Gasteiger partial charge in [-0.3, -0.25) is 4.79 Å². The molecule has 0 spiro atoms. The van der Waals surface area contributed by atoms with Crippen LogP contribution in [0.25, 0.3) is 22.5 Å². The molecule has 1 aliphatic heterocycles. The average Bonchev–Trinajstić information content (AvgIpc) is 3.19. The molecule has 1 amide bonds. The fourth-order valence-electron chi connectivity index (χ4n) is 3.30. The molecule has 5 rings (SSSR count). The van der Waals surface area contributed by atoms with Crippen molar-refractivity contribution in [2.75, 3.05) is 5.75 Å². The van der Waals surface area contributed by atoms with Crippen LogP contribution in [0.4, 0.5) is 0 Å². The standard InChI is InChI=1S/C24H18N4O2S/c29-23-18-13-7-8-14-19(18)30-20(27-28-23)15-31-24-25-21(16-9-3-1-4-10-16)22(26-24)17-11-5-2-6-12-17/h1-14H,15H2,(H,25,26)(H,28,29). The van der Waals surface area contributed by atoms with Crippen LogP contribution < -0.4 is 10.2 Å². The second kappa shape index (κ2) is 8.49. The van der Waals surface area contributed by atoms with Crippen molar-refractivity contribution in [2.24, 2.45) is 5.10 Å². The van der Waals surface area contributed by atoms with Crippen LogP contribution in [0.3, 0.4) is 0 Å². The average molecular weight is 427 g/mol. The number of aromatic nitrogens is 2. The molecule has 0 saturated heterocycles. The zero-order chi connectivity index (χ0) is 21.0. The highest BCUT2D eigenvalue weighted by Crippen LogP contribution is 2.32. The molecule has 0 fully saturated rings. The van der Waals surface area contributed by atoms with E-state index >= 15 is 0 Å². The maximum absolute atomic E-state index is 12.2. The molecule has 31 heavy (non-hydrogen) atoms. The van der Waals surface area contributed by atoms with E-state index in [9.17, 15) is 4.79 Å². The van der Waals surface area contributed by atoms with Crippen LogP contribution in [-0.2, 0) is 0 Å². The minimum atomic E-state index is -0.286. The number of carbonyl (C=O) groups excluding carboxylic acids is 1. The lowest BCUT2D eigenvalue weighted by atomic mass is 10.1. The molecule has 3 aromatic carbocycles. The van der Waals surface area contributed by atoms with Gasteiger partial charge in [-0.15, -0.1) is 5.10 Å². The maximum Gasteiger partial charge on any atom is 0.275 e. The lowest BCUT2D eigenvalue weighted by molar-refractivity contribution is 0.0955. The quantitative estimate of drug-likeness (QED) is 0.442. The summed E-state index contributed by atoms with van der Waals surface area (Å²) >= 11 is 1.46. The number of fused-ring (bicyclic) bond motifs is 1. The third kappa shape index (κ3) is 4.08. The van der Waals surface area contributed by atoms with Crippen LogP contribution in [0.5, 0.6) is 5.75 Å². The van der Waals surface area contributed by atoms with Gasteiger partial charge in [-0.2, -0.15) is 0 Å². The molecule has 0 bridgehead atoms. The number of para-hydroxylation sites is 1.